The first-order valence-corrected chi connectivity index (χ1v) is 5.74. The number of para-hydroxylation sites is 1. The molecular weight excluding hydrogens is 242 g/mol. The summed E-state index contributed by atoms with van der Waals surface area (Å²) in [5.41, 5.74) is 0.725. The van der Waals surface area contributed by atoms with Gasteiger partial charge in [0.1, 0.15) is 5.88 Å². The summed E-state index contributed by atoms with van der Waals surface area (Å²) in [6.07, 6.45) is -0.209. The van der Waals surface area contributed by atoms with E-state index >= 15 is 0 Å². The highest BCUT2D eigenvalue weighted by atomic mass is 35.5. The number of halogens is 1. The Balaban J connectivity index is 2.91. The van der Waals surface area contributed by atoms with Crippen molar-refractivity contribution in [2.45, 2.75) is 20.0 Å². The second kappa shape index (κ2) is 6.25. The van der Waals surface area contributed by atoms with Crippen LogP contribution < -0.4 is 5.32 Å². The van der Waals surface area contributed by atoms with Crippen LogP contribution in [-0.2, 0) is 9.53 Å². The molecule has 4 nitrogen and oxygen atoms in total. The molecule has 0 aliphatic heterocycles. The van der Waals surface area contributed by atoms with Crippen LogP contribution in [0.1, 0.15) is 24.2 Å². The molecule has 0 aliphatic carbocycles. The van der Waals surface area contributed by atoms with Gasteiger partial charge in [-0.25, -0.2) is 4.79 Å². The molecule has 17 heavy (non-hydrogen) atoms. The van der Waals surface area contributed by atoms with Crippen LogP contribution in [0.4, 0.5) is 5.69 Å². The highest BCUT2D eigenvalue weighted by Crippen LogP contribution is 2.16. The van der Waals surface area contributed by atoms with E-state index in [1.54, 1.807) is 38.1 Å². The van der Waals surface area contributed by atoms with E-state index in [-0.39, 0.29) is 17.9 Å². The fraction of sp³-hybridized carbons (Fsp3) is 0.333. The van der Waals surface area contributed by atoms with Gasteiger partial charge in [0.2, 0.25) is 5.91 Å². The third-order valence-electron chi connectivity index (χ3n) is 1.89. The minimum Gasteiger partial charge on any atom is -0.459 e. The first-order chi connectivity index (χ1) is 8.04. The molecule has 0 fully saturated rings. The lowest BCUT2D eigenvalue weighted by Crippen LogP contribution is -2.18. The molecular formula is C12H14ClNO3. The van der Waals surface area contributed by atoms with E-state index in [2.05, 4.69) is 5.32 Å². The van der Waals surface area contributed by atoms with Crippen molar-refractivity contribution in [3.05, 3.63) is 29.8 Å². The third kappa shape index (κ3) is 4.07. The largest absolute Gasteiger partial charge is 0.459 e. The number of benzene rings is 1. The van der Waals surface area contributed by atoms with Crippen molar-refractivity contribution in [2.75, 3.05) is 11.2 Å². The molecule has 1 N–H and O–H groups in total. The van der Waals surface area contributed by atoms with Crippen molar-refractivity contribution in [1.82, 2.24) is 0 Å². The summed E-state index contributed by atoms with van der Waals surface area (Å²) in [6.45, 7) is 3.52. The Morgan fingerprint density at radius 2 is 2.00 bits per heavy atom. The molecule has 1 amide bonds. The van der Waals surface area contributed by atoms with Gasteiger partial charge in [0.15, 0.2) is 0 Å². The van der Waals surface area contributed by atoms with Crippen molar-refractivity contribution >= 4 is 29.2 Å². The fourth-order valence-corrected chi connectivity index (χ4v) is 1.30. The zero-order valence-corrected chi connectivity index (χ0v) is 10.5. The van der Waals surface area contributed by atoms with E-state index in [1.165, 1.54) is 0 Å². The van der Waals surface area contributed by atoms with Crippen LogP contribution in [0.2, 0.25) is 0 Å². The van der Waals surface area contributed by atoms with Crippen LogP contribution in [-0.4, -0.2) is 23.9 Å². The molecule has 1 aromatic rings. The third-order valence-corrected chi connectivity index (χ3v) is 2.13. The van der Waals surface area contributed by atoms with E-state index in [9.17, 15) is 9.59 Å². The highest BCUT2D eigenvalue weighted by Gasteiger charge is 2.14. The summed E-state index contributed by atoms with van der Waals surface area (Å²) in [6, 6.07) is 6.64. The molecule has 0 radical (unpaired) electrons. The number of amides is 1. The molecule has 0 bridgehead atoms. The van der Waals surface area contributed by atoms with Crippen LogP contribution >= 0.6 is 11.6 Å². The van der Waals surface area contributed by atoms with Crippen molar-refractivity contribution < 1.29 is 14.3 Å². The van der Waals surface area contributed by atoms with E-state index < -0.39 is 5.97 Å². The predicted octanol–water partition coefficient (Wildman–Crippen LogP) is 2.43. The van der Waals surface area contributed by atoms with Crippen LogP contribution in [0.3, 0.4) is 0 Å². The fourth-order valence-electron chi connectivity index (χ4n) is 1.23. The van der Waals surface area contributed by atoms with E-state index in [4.69, 9.17) is 16.3 Å². The second-order valence-electron chi connectivity index (χ2n) is 3.68. The predicted molar refractivity (Wildman–Crippen MR) is 66.3 cm³/mol. The average molecular weight is 256 g/mol. The van der Waals surface area contributed by atoms with Crippen LogP contribution in [0.15, 0.2) is 24.3 Å². The molecule has 0 saturated carbocycles. The summed E-state index contributed by atoms with van der Waals surface area (Å²) in [4.78, 5) is 22.9. The second-order valence-corrected chi connectivity index (χ2v) is 3.95. The number of alkyl halides is 1. The standard InChI is InChI=1S/C12H14ClNO3/c1-8(2)17-12(16)9-5-3-4-6-10(9)14-11(15)7-13/h3-6,8H,7H2,1-2H3,(H,14,15). The molecule has 92 valence electrons. The molecule has 1 aromatic carbocycles. The monoisotopic (exact) mass is 255 g/mol. The molecule has 0 saturated heterocycles. The zero-order chi connectivity index (χ0) is 12.8. The van der Waals surface area contributed by atoms with Gasteiger partial charge in [-0.1, -0.05) is 12.1 Å². The maximum Gasteiger partial charge on any atom is 0.340 e. The highest BCUT2D eigenvalue weighted by molar-refractivity contribution is 6.29. The van der Waals surface area contributed by atoms with E-state index in [0.29, 0.717) is 11.3 Å². The molecule has 5 heteroatoms. The van der Waals surface area contributed by atoms with Gasteiger partial charge >= 0.3 is 5.97 Å². The van der Waals surface area contributed by atoms with Gasteiger partial charge in [-0.2, -0.15) is 0 Å². The number of ether oxygens (including phenoxy) is 1. The Kier molecular flexibility index (Phi) is 4.97. The Bertz CT molecular complexity index is 418. The average Bonchev–Trinajstić information content (AvgIpc) is 2.28. The minimum atomic E-state index is -0.467. The SMILES string of the molecule is CC(C)OC(=O)c1ccccc1NC(=O)CCl. The van der Waals surface area contributed by atoms with Crippen LogP contribution in [0, 0.1) is 0 Å². The maximum absolute atomic E-state index is 11.7. The van der Waals surface area contributed by atoms with E-state index in [0.717, 1.165) is 0 Å². The van der Waals surface area contributed by atoms with Gasteiger partial charge in [0.25, 0.3) is 0 Å². The summed E-state index contributed by atoms with van der Waals surface area (Å²) < 4.78 is 5.07. The number of rotatable bonds is 4. The number of esters is 1. The van der Waals surface area contributed by atoms with Gasteiger partial charge in [0.05, 0.1) is 17.4 Å². The summed E-state index contributed by atoms with van der Waals surface area (Å²) >= 11 is 5.39. The first-order valence-electron chi connectivity index (χ1n) is 5.20. The smallest absolute Gasteiger partial charge is 0.340 e. The van der Waals surface area contributed by atoms with Gasteiger partial charge in [-0.3, -0.25) is 4.79 Å². The maximum atomic E-state index is 11.7. The molecule has 0 aliphatic rings. The van der Waals surface area contributed by atoms with Crippen molar-refractivity contribution in [2.24, 2.45) is 0 Å². The van der Waals surface area contributed by atoms with Gasteiger partial charge in [0, 0.05) is 0 Å². The topological polar surface area (TPSA) is 55.4 Å². The number of anilines is 1. The minimum absolute atomic E-state index is 0.159. The van der Waals surface area contributed by atoms with Crippen molar-refractivity contribution in [3.8, 4) is 0 Å². The lowest BCUT2D eigenvalue weighted by Gasteiger charge is -2.11. The van der Waals surface area contributed by atoms with E-state index in [1.807, 2.05) is 0 Å². The lowest BCUT2D eigenvalue weighted by molar-refractivity contribution is -0.113. The zero-order valence-electron chi connectivity index (χ0n) is 9.70. The summed E-state index contributed by atoms with van der Waals surface area (Å²) in [5.74, 6) is -0.991. The summed E-state index contributed by atoms with van der Waals surface area (Å²) in [5, 5.41) is 2.54. The quantitative estimate of drug-likeness (QED) is 0.664. The number of carbonyl (C=O) groups is 2. The molecule has 0 atom stereocenters. The Morgan fingerprint density at radius 1 is 1.35 bits per heavy atom. The number of hydrogen-bond acceptors (Lipinski definition) is 3. The number of hydrogen-bond donors (Lipinski definition) is 1. The Hall–Kier alpha value is -1.55. The van der Waals surface area contributed by atoms with Gasteiger partial charge in [-0.15, -0.1) is 11.6 Å². The lowest BCUT2D eigenvalue weighted by atomic mass is 10.2. The Labute approximate surface area is 105 Å². The number of carbonyl (C=O) groups excluding carboxylic acids is 2. The normalized spacial score (nSPS) is 10.1. The summed E-state index contributed by atoms with van der Waals surface area (Å²) in [7, 11) is 0. The first kappa shape index (κ1) is 13.5. The van der Waals surface area contributed by atoms with Crippen LogP contribution in [0.5, 0.6) is 0 Å². The molecule has 0 heterocycles. The van der Waals surface area contributed by atoms with Crippen molar-refractivity contribution in [1.29, 1.82) is 0 Å². The van der Waals surface area contributed by atoms with Gasteiger partial charge in [-0.05, 0) is 26.0 Å². The molecule has 0 aromatic heterocycles. The van der Waals surface area contributed by atoms with Crippen LogP contribution in [0.25, 0.3) is 0 Å². The molecule has 0 spiro atoms. The van der Waals surface area contributed by atoms with Crippen molar-refractivity contribution in [3.63, 3.8) is 0 Å². The number of nitrogens with one attached hydrogen (secondary N) is 1. The van der Waals surface area contributed by atoms with Gasteiger partial charge < -0.3 is 10.1 Å². The Morgan fingerprint density at radius 3 is 2.59 bits per heavy atom. The molecule has 0 unspecified atom stereocenters. The molecule has 1 rings (SSSR count).